The van der Waals surface area contributed by atoms with Crippen LogP contribution in [0.4, 0.5) is 0 Å². The van der Waals surface area contributed by atoms with Crippen molar-refractivity contribution in [2.24, 2.45) is 11.3 Å². The molecule has 1 aromatic rings. The number of aromatic hydroxyl groups is 1. The van der Waals surface area contributed by atoms with Crippen LogP contribution in [-0.4, -0.2) is 57.6 Å². The van der Waals surface area contributed by atoms with E-state index in [2.05, 4.69) is 4.90 Å². The van der Waals surface area contributed by atoms with E-state index in [9.17, 15) is 19.8 Å². The van der Waals surface area contributed by atoms with Gasteiger partial charge in [0.15, 0.2) is 0 Å². The molecule has 2 heterocycles. The predicted octanol–water partition coefficient (Wildman–Crippen LogP) is 2.07. The molecule has 1 aliphatic carbocycles. The lowest BCUT2D eigenvalue weighted by molar-refractivity contribution is -0.148. The Morgan fingerprint density at radius 1 is 1.19 bits per heavy atom. The smallest absolute Gasteiger partial charge is 0.326 e. The van der Waals surface area contributed by atoms with Crippen LogP contribution in [0.15, 0.2) is 24.3 Å². The summed E-state index contributed by atoms with van der Waals surface area (Å²) in [4.78, 5) is 28.2. The van der Waals surface area contributed by atoms with Crippen LogP contribution in [0, 0.1) is 11.3 Å². The third kappa shape index (κ3) is 3.43. The van der Waals surface area contributed by atoms with E-state index in [0.717, 1.165) is 50.9 Å². The number of aliphatic carboxylic acids is 1. The minimum Gasteiger partial charge on any atom is -0.508 e. The maximum Gasteiger partial charge on any atom is 0.326 e. The zero-order valence-corrected chi connectivity index (χ0v) is 14.9. The number of likely N-dealkylation sites (tertiary alicyclic amines) is 2. The monoisotopic (exact) mass is 358 g/mol. The van der Waals surface area contributed by atoms with Gasteiger partial charge in [-0.2, -0.15) is 0 Å². The number of hydrogen-bond donors (Lipinski definition) is 2. The molecule has 0 unspecified atom stereocenters. The van der Waals surface area contributed by atoms with E-state index in [0.29, 0.717) is 13.0 Å². The Kier molecular flexibility index (Phi) is 4.39. The fourth-order valence-corrected chi connectivity index (χ4v) is 4.53. The van der Waals surface area contributed by atoms with Crippen molar-refractivity contribution < 1.29 is 19.8 Å². The molecule has 26 heavy (non-hydrogen) atoms. The molecule has 1 saturated carbocycles. The summed E-state index contributed by atoms with van der Waals surface area (Å²) in [5.41, 5.74) is 1.03. The zero-order valence-electron chi connectivity index (χ0n) is 14.9. The molecule has 3 fully saturated rings. The lowest BCUT2D eigenvalue weighted by Crippen LogP contribution is -2.43. The average Bonchev–Trinajstić information content (AvgIpc) is 3.39. The Hall–Kier alpha value is -2.08. The number of phenolic OH excluding ortho intramolecular Hbond substituents is 1. The lowest BCUT2D eigenvalue weighted by atomic mass is 9.76. The average molecular weight is 358 g/mol. The summed E-state index contributed by atoms with van der Waals surface area (Å²) < 4.78 is 0. The Bertz CT molecular complexity index is 708. The predicted molar refractivity (Wildman–Crippen MR) is 95.5 cm³/mol. The molecule has 3 aliphatic rings. The topological polar surface area (TPSA) is 81.1 Å². The zero-order chi connectivity index (χ0) is 18.3. The van der Waals surface area contributed by atoms with E-state index in [1.807, 2.05) is 12.1 Å². The highest BCUT2D eigenvalue weighted by molar-refractivity contribution is 5.87. The second-order valence-corrected chi connectivity index (χ2v) is 8.24. The standard InChI is InChI=1S/C20H26N2O4/c23-16-3-1-2-14(10-16)12-21-8-6-20(7-9-21)11-17(19(25)26)22(13-20)18(24)15-4-5-15/h1-3,10,15,17,23H,4-9,11-13H2,(H,25,26)/t17-/m0/s1. The second kappa shape index (κ2) is 6.58. The number of piperidine rings is 1. The second-order valence-electron chi connectivity index (χ2n) is 8.24. The first kappa shape index (κ1) is 17.3. The van der Waals surface area contributed by atoms with E-state index in [1.54, 1.807) is 17.0 Å². The number of carboxylic acid groups (broad SMARTS) is 1. The summed E-state index contributed by atoms with van der Waals surface area (Å²) in [6.45, 7) is 3.18. The molecule has 0 bridgehead atoms. The van der Waals surface area contributed by atoms with Crippen LogP contribution in [0.25, 0.3) is 0 Å². The van der Waals surface area contributed by atoms with Crippen molar-refractivity contribution in [3.63, 3.8) is 0 Å². The third-order valence-corrected chi connectivity index (χ3v) is 6.24. The summed E-state index contributed by atoms with van der Waals surface area (Å²) in [5.74, 6) is -0.460. The first-order chi connectivity index (χ1) is 12.5. The van der Waals surface area contributed by atoms with E-state index in [-0.39, 0.29) is 23.0 Å². The highest BCUT2D eigenvalue weighted by Crippen LogP contribution is 2.45. The molecule has 1 aromatic carbocycles. The number of carboxylic acids is 1. The molecular weight excluding hydrogens is 332 g/mol. The maximum atomic E-state index is 12.5. The van der Waals surface area contributed by atoms with Gasteiger partial charge in [0.1, 0.15) is 11.8 Å². The van der Waals surface area contributed by atoms with Crippen LogP contribution in [-0.2, 0) is 16.1 Å². The van der Waals surface area contributed by atoms with Gasteiger partial charge in [0, 0.05) is 19.0 Å². The normalized spacial score (nSPS) is 25.5. The van der Waals surface area contributed by atoms with Crippen molar-refractivity contribution in [2.45, 2.75) is 44.7 Å². The number of carbonyl (C=O) groups is 2. The number of rotatable bonds is 4. The SMILES string of the molecule is O=C(O)[C@@H]1CC2(CCN(Cc3cccc(O)c3)CC2)CN1C(=O)C1CC1. The van der Waals surface area contributed by atoms with Gasteiger partial charge in [-0.05, 0) is 68.3 Å². The summed E-state index contributed by atoms with van der Waals surface area (Å²) in [7, 11) is 0. The number of hydrogen-bond acceptors (Lipinski definition) is 4. The summed E-state index contributed by atoms with van der Waals surface area (Å²) >= 11 is 0. The van der Waals surface area contributed by atoms with Gasteiger partial charge in [0.25, 0.3) is 0 Å². The van der Waals surface area contributed by atoms with E-state index in [4.69, 9.17) is 0 Å². The highest BCUT2D eigenvalue weighted by Gasteiger charge is 2.51. The van der Waals surface area contributed by atoms with Crippen LogP contribution in [0.1, 0.15) is 37.7 Å². The van der Waals surface area contributed by atoms with Gasteiger partial charge < -0.3 is 15.1 Å². The molecule has 2 N–H and O–H groups in total. The van der Waals surface area contributed by atoms with Crippen LogP contribution >= 0.6 is 0 Å². The van der Waals surface area contributed by atoms with Crippen LogP contribution in [0.5, 0.6) is 5.75 Å². The van der Waals surface area contributed by atoms with Crippen molar-refractivity contribution >= 4 is 11.9 Å². The van der Waals surface area contributed by atoms with Crippen molar-refractivity contribution in [1.29, 1.82) is 0 Å². The van der Waals surface area contributed by atoms with Crippen molar-refractivity contribution in [1.82, 2.24) is 9.80 Å². The third-order valence-electron chi connectivity index (χ3n) is 6.24. The number of benzene rings is 1. The summed E-state index contributed by atoms with van der Waals surface area (Å²) in [5, 5.41) is 19.2. The van der Waals surface area contributed by atoms with Gasteiger partial charge in [-0.3, -0.25) is 9.69 Å². The molecule has 2 saturated heterocycles. The molecule has 6 heteroatoms. The summed E-state index contributed by atoms with van der Waals surface area (Å²) in [6, 6.07) is 6.67. The Morgan fingerprint density at radius 3 is 2.54 bits per heavy atom. The quantitative estimate of drug-likeness (QED) is 0.861. The Balaban J connectivity index is 1.39. The molecule has 140 valence electrons. The minimum atomic E-state index is -0.863. The fourth-order valence-electron chi connectivity index (χ4n) is 4.53. The molecule has 1 atom stereocenters. The maximum absolute atomic E-state index is 12.5. The number of nitrogens with zero attached hydrogens (tertiary/aromatic N) is 2. The van der Waals surface area contributed by atoms with Gasteiger partial charge in [-0.25, -0.2) is 4.79 Å². The van der Waals surface area contributed by atoms with Crippen LogP contribution < -0.4 is 0 Å². The molecule has 1 spiro atoms. The Morgan fingerprint density at radius 2 is 1.92 bits per heavy atom. The highest BCUT2D eigenvalue weighted by atomic mass is 16.4. The lowest BCUT2D eigenvalue weighted by Gasteiger charge is -2.39. The molecule has 2 aliphatic heterocycles. The van der Waals surface area contributed by atoms with E-state index < -0.39 is 12.0 Å². The largest absolute Gasteiger partial charge is 0.508 e. The van der Waals surface area contributed by atoms with Crippen LogP contribution in [0.2, 0.25) is 0 Å². The molecule has 0 radical (unpaired) electrons. The number of amides is 1. The van der Waals surface area contributed by atoms with Crippen molar-refractivity contribution in [3.8, 4) is 5.75 Å². The molecule has 6 nitrogen and oxygen atoms in total. The Labute approximate surface area is 153 Å². The molecule has 4 rings (SSSR count). The number of phenols is 1. The first-order valence-corrected chi connectivity index (χ1v) is 9.49. The van der Waals surface area contributed by atoms with E-state index in [1.165, 1.54) is 0 Å². The fraction of sp³-hybridized carbons (Fsp3) is 0.600. The van der Waals surface area contributed by atoms with Gasteiger partial charge in [-0.15, -0.1) is 0 Å². The van der Waals surface area contributed by atoms with Crippen molar-refractivity contribution in [2.75, 3.05) is 19.6 Å². The van der Waals surface area contributed by atoms with Crippen molar-refractivity contribution in [3.05, 3.63) is 29.8 Å². The van der Waals surface area contributed by atoms with Gasteiger partial charge in [0.2, 0.25) is 5.91 Å². The molecular formula is C20H26N2O4. The first-order valence-electron chi connectivity index (χ1n) is 9.49. The minimum absolute atomic E-state index is 0.0523. The van der Waals surface area contributed by atoms with E-state index >= 15 is 0 Å². The van der Waals surface area contributed by atoms with Gasteiger partial charge >= 0.3 is 5.97 Å². The van der Waals surface area contributed by atoms with Gasteiger partial charge in [0.05, 0.1) is 0 Å². The van der Waals surface area contributed by atoms with Gasteiger partial charge in [-0.1, -0.05) is 12.1 Å². The molecule has 1 amide bonds. The molecule has 0 aromatic heterocycles. The summed E-state index contributed by atoms with van der Waals surface area (Å²) in [6.07, 6.45) is 4.24. The van der Waals surface area contributed by atoms with Crippen LogP contribution in [0.3, 0.4) is 0 Å². The number of carbonyl (C=O) groups excluding carboxylic acids is 1.